The third-order valence-corrected chi connectivity index (χ3v) is 5.24. The summed E-state index contributed by atoms with van der Waals surface area (Å²) in [7, 11) is 3.01. The number of nitrogens with one attached hydrogen (secondary N) is 2. The summed E-state index contributed by atoms with van der Waals surface area (Å²) in [5.74, 6) is 0.142. The SMILES string of the molecule is COc1ccc(C(=O)NCC(=O)N/N=C(\C)c2csc3ccccc23)cc1OC. The molecule has 0 aliphatic carbocycles. The molecule has 0 saturated carbocycles. The minimum atomic E-state index is -0.419. The minimum absolute atomic E-state index is 0.200. The molecule has 8 heteroatoms. The van der Waals surface area contributed by atoms with Gasteiger partial charge in [-0.3, -0.25) is 9.59 Å². The van der Waals surface area contributed by atoms with Crippen LogP contribution in [-0.4, -0.2) is 38.3 Å². The van der Waals surface area contributed by atoms with Crippen molar-refractivity contribution in [1.82, 2.24) is 10.7 Å². The molecule has 2 amide bonds. The molecule has 150 valence electrons. The third kappa shape index (κ3) is 4.72. The molecule has 2 aromatic carbocycles. The fraction of sp³-hybridized carbons (Fsp3) is 0.190. The highest BCUT2D eigenvalue weighted by atomic mass is 32.1. The van der Waals surface area contributed by atoms with Crippen LogP contribution in [0.2, 0.25) is 0 Å². The van der Waals surface area contributed by atoms with Crippen LogP contribution in [0, 0.1) is 0 Å². The summed E-state index contributed by atoms with van der Waals surface area (Å²) >= 11 is 1.62. The summed E-state index contributed by atoms with van der Waals surface area (Å²) in [5.41, 5.74) is 4.51. The first kappa shape index (κ1) is 20.3. The Labute approximate surface area is 172 Å². The van der Waals surface area contributed by atoms with E-state index in [9.17, 15) is 9.59 Å². The van der Waals surface area contributed by atoms with Crippen molar-refractivity contribution in [1.29, 1.82) is 0 Å². The van der Waals surface area contributed by atoms with E-state index in [1.54, 1.807) is 29.5 Å². The molecule has 3 rings (SSSR count). The number of hydrazone groups is 1. The van der Waals surface area contributed by atoms with Crippen molar-refractivity contribution < 1.29 is 19.1 Å². The fourth-order valence-electron chi connectivity index (χ4n) is 2.74. The van der Waals surface area contributed by atoms with Crippen LogP contribution in [0.1, 0.15) is 22.8 Å². The summed E-state index contributed by atoms with van der Waals surface area (Å²) in [4.78, 5) is 24.3. The Morgan fingerprint density at radius 2 is 1.83 bits per heavy atom. The van der Waals surface area contributed by atoms with Gasteiger partial charge in [0.05, 0.1) is 26.5 Å². The van der Waals surface area contributed by atoms with E-state index in [1.165, 1.54) is 14.2 Å². The van der Waals surface area contributed by atoms with Crippen molar-refractivity contribution in [3.63, 3.8) is 0 Å². The van der Waals surface area contributed by atoms with Gasteiger partial charge in [0.25, 0.3) is 11.8 Å². The van der Waals surface area contributed by atoms with Crippen molar-refractivity contribution in [3.8, 4) is 11.5 Å². The lowest BCUT2D eigenvalue weighted by atomic mass is 10.1. The Morgan fingerprint density at radius 1 is 1.07 bits per heavy atom. The van der Waals surface area contributed by atoms with Crippen molar-refractivity contribution in [2.24, 2.45) is 5.10 Å². The number of amides is 2. The summed E-state index contributed by atoms with van der Waals surface area (Å²) in [5, 5.41) is 9.82. The number of fused-ring (bicyclic) bond motifs is 1. The molecular weight excluding hydrogens is 390 g/mol. The van der Waals surface area contributed by atoms with Crippen molar-refractivity contribution in [2.45, 2.75) is 6.92 Å². The lowest BCUT2D eigenvalue weighted by molar-refractivity contribution is -0.120. The Hall–Kier alpha value is -3.39. The normalized spacial score (nSPS) is 11.2. The van der Waals surface area contributed by atoms with Crippen molar-refractivity contribution in [2.75, 3.05) is 20.8 Å². The van der Waals surface area contributed by atoms with E-state index in [1.807, 2.05) is 36.6 Å². The van der Waals surface area contributed by atoms with Crippen molar-refractivity contribution >= 4 is 38.9 Å². The number of thiophene rings is 1. The second-order valence-corrected chi connectivity index (χ2v) is 7.04. The second-order valence-electron chi connectivity index (χ2n) is 6.13. The van der Waals surface area contributed by atoms with E-state index in [0.29, 0.717) is 22.8 Å². The number of nitrogens with zero attached hydrogens (tertiary/aromatic N) is 1. The largest absolute Gasteiger partial charge is 0.493 e. The van der Waals surface area contributed by atoms with Gasteiger partial charge in [0.15, 0.2) is 11.5 Å². The fourth-order valence-corrected chi connectivity index (χ4v) is 3.75. The molecule has 7 nitrogen and oxygen atoms in total. The first-order valence-electron chi connectivity index (χ1n) is 8.83. The smallest absolute Gasteiger partial charge is 0.259 e. The summed E-state index contributed by atoms with van der Waals surface area (Å²) < 4.78 is 11.5. The second kappa shape index (κ2) is 9.20. The van der Waals surface area contributed by atoms with Crippen LogP contribution in [-0.2, 0) is 4.79 Å². The van der Waals surface area contributed by atoms with E-state index in [0.717, 1.165) is 15.6 Å². The van der Waals surface area contributed by atoms with Gasteiger partial charge in [-0.05, 0) is 31.2 Å². The number of hydrogen-bond acceptors (Lipinski definition) is 6. The van der Waals surface area contributed by atoms with Crippen LogP contribution >= 0.6 is 11.3 Å². The van der Waals surface area contributed by atoms with Gasteiger partial charge in [-0.25, -0.2) is 5.43 Å². The average Bonchev–Trinajstić information content (AvgIpc) is 3.19. The maximum absolute atomic E-state index is 12.3. The standard InChI is InChI=1S/C21H21N3O4S/c1-13(16-12-29-19-7-5-4-6-15(16)19)23-24-20(25)11-22-21(26)14-8-9-17(27-2)18(10-14)28-3/h4-10,12H,11H2,1-3H3,(H,22,26)(H,24,25)/b23-13+. The molecule has 0 unspecified atom stereocenters. The zero-order valence-electron chi connectivity index (χ0n) is 16.3. The molecule has 0 fully saturated rings. The lowest BCUT2D eigenvalue weighted by Crippen LogP contribution is -2.35. The van der Waals surface area contributed by atoms with Gasteiger partial charge in [0, 0.05) is 26.6 Å². The van der Waals surface area contributed by atoms with Gasteiger partial charge in [-0.2, -0.15) is 5.10 Å². The topological polar surface area (TPSA) is 89.0 Å². The Balaban J connectivity index is 1.58. The Kier molecular flexibility index (Phi) is 6.46. The molecule has 29 heavy (non-hydrogen) atoms. The molecule has 0 atom stereocenters. The molecule has 0 aliphatic rings. The van der Waals surface area contributed by atoms with Crippen LogP contribution in [0.15, 0.2) is 52.9 Å². The molecule has 3 aromatic rings. The highest BCUT2D eigenvalue weighted by Gasteiger charge is 2.12. The average molecular weight is 411 g/mol. The van der Waals surface area contributed by atoms with Crippen LogP contribution < -0.4 is 20.2 Å². The quantitative estimate of drug-likeness (QED) is 0.462. The first-order valence-corrected chi connectivity index (χ1v) is 9.71. The number of benzene rings is 2. The van der Waals surface area contributed by atoms with Crippen LogP contribution in [0.4, 0.5) is 0 Å². The zero-order valence-corrected chi connectivity index (χ0v) is 17.1. The molecule has 2 N–H and O–H groups in total. The summed E-state index contributed by atoms with van der Waals surface area (Å²) in [6, 6.07) is 12.8. The van der Waals surface area contributed by atoms with E-state index in [4.69, 9.17) is 9.47 Å². The number of ether oxygens (including phenoxy) is 2. The van der Waals surface area contributed by atoms with Gasteiger partial charge in [0.2, 0.25) is 0 Å². The summed E-state index contributed by atoms with van der Waals surface area (Å²) in [6.07, 6.45) is 0. The van der Waals surface area contributed by atoms with Crippen LogP contribution in [0.5, 0.6) is 11.5 Å². The van der Waals surface area contributed by atoms with E-state index < -0.39 is 11.8 Å². The van der Waals surface area contributed by atoms with Gasteiger partial charge in [0.1, 0.15) is 0 Å². The van der Waals surface area contributed by atoms with Gasteiger partial charge in [-0.15, -0.1) is 11.3 Å². The van der Waals surface area contributed by atoms with Gasteiger partial charge < -0.3 is 14.8 Å². The first-order chi connectivity index (χ1) is 14.0. The minimum Gasteiger partial charge on any atom is -0.493 e. The molecule has 0 bridgehead atoms. The monoisotopic (exact) mass is 411 g/mol. The van der Waals surface area contributed by atoms with Crippen LogP contribution in [0.25, 0.3) is 10.1 Å². The van der Waals surface area contributed by atoms with E-state index in [-0.39, 0.29) is 6.54 Å². The maximum Gasteiger partial charge on any atom is 0.259 e. The Morgan fingerprint density at radius 3 is 2.59 bits per heavy atom. The predicted octanol–water partition coefficient (Wildman–Crippen LogP) is 3.19. The number of hydrogen-bond donors (Lipinski definition) is 2. The number of rotatable bonds is 7. The highest BCUT2D eigenvalue weighted by molar-refractivity contribution is 7.17. The van der Waals surface area contributed by atoms with E-state index >= 15 is 0 Å². The molecule has 1 heterocycles. The molecule has 1 aromatic heterocycles. The molecule has 0 radical (unpaired) electrons. The number of methoxy groups -OCH3 is 2. The lowest BCUT2D eigenvalue weighted by Gasteiger charge is -2.09. The third-order valence-electron chi connectivity index (χ3n) is 4.27. The van der Waals surface area contributed by atoms with E-state index in [2.05, 4.69) is 15.8 Å². The summed E-state index contributed by atoms with van der Waals surface area (Å²) in [6.45, 7) is 1.63. The highest BCUT2D eigenvalue weighted by Crippen LogP contribution is 2.27. The molecule has 0 aliphatic heterocycles. The zero-order chi connectivity index (χ0) is 20.8. The van der Waals surface area contributed by atoms with Gasteiger partial charge in [-0.1, -0.05) is 18.2 Å². The van der Waals surface area contributed by atoms with Crippen molar-refractivity contribution in [3.05, 3.63) is 59.0 Å². The predicted molar refractivity (Wildman–Crippen MR) is 114 cm³/mol. The van der Waals surface area contributed by atoms with Gasteiger partial charge >= 0.3 is 0 Å². The number of carbonyl (C=O) groups excluding carboxylic acids is 2. The molecular formula is C21H21N3O4S. The Bertz CT molecular complexity index is 1070. The molecule has 0 spiro atoms. The van der Waals surface area contributed by atoms with Crippen LogP contribution in [0.3, 0.4) is 0 Å². The molecule has 0 saturated heterocycles. The number of carbonyl (C=O) groups is 2. The maximum atomic E-state index is 12.3.